The molecule has 1 saturated heterocycles. The van der Waals surface area contributed by atoms with Gasteiger partial charge in [-0.25, -0.2) is 4.79 Å². The SMILES string of the molecule is COc1ccc2c(C)c(CCC(=O)N3CCCC(C(N)=O)C3)c(=O)oc2c1. The maximum atomic E-state index is 12.5. The first kappa shape index (κ1) is 18.9. The fraction of sp³-hybridized carbons (Fsp3) is 0.450. The van der Waals surface area contributed by atoms with Crippen LogP contribution in [0, 0.1) is 12.8 Å². The Morgan fingerprint density at radius 3 is 2.85 bits per heavy atom. The number of benzene rings is 1. The van der Waals surface area contributed by atoms with E-state index in [9.17, 15) is 14.4 Å². The van der Waals surface area contributed by atoms with Crippen LogP contribution < -0.4 is 16.1 Å². The van der Waals surface area contributed by atoms with E-state index in [1.54, 1.807) is 18.1 Å². The largest absolute Gasteiger partial charge is 0.497 e. The molecule has 0 saturated carbocycles. The summed E-state index contributed by atoms with van der Waals surface area (Å²) in [4.78, 5) is 38.0. The monoisotopic (exact) mass is 372 g/mol. The quantitative estimate of drug-likeness (QED) is 0.806. The fourth-order valence-corrected chi connectivity index (χ4v) is 3.62. The van der Waals surface area contributed by atoms with Crippen LogP contribution in [0.4, 0.5) is 0 Å². The molecule has 1 aliphatic heterocycles. The Bertz CT molecular complexity index is 934. The van der Waals surface area contributed by atoms with Crippen molar-refractivity contribution < 1.29 is 18.7 Å². The van der Waals surface area contributed by atoms with Crippen molar-refractivity contribution in [3.63, 3.8) is 0 Å². The Balaban J connectivity index is 1.76. The zero-order valence-electron chi connectivity index (χ0n) is 15.6. The normalized spacial score (nSPS) is 17.1. The lowest BCUT2D eigenvalue weighted by Gasteiger charge is -2.31. The summed E-state index contributed by atoms with van der Waals surface area (Å²) in [6.45, 7) is 2.84. The summed E-state index contributed by atoms with van der Waals surface area (Å²) in [7, 11) is 1.55. The average molecular weight is 372 g/mol. The highest BCUT2D eigenvalue weighted by atomic mass is 16.5. The van der Waals surface area contributed by atoms with Crippen molar-refractivity contribution in [2.75, 3.05) is 20.2 Å². The Morgan fingerprint density at radius 2 is 2.15 bits per heavy atom. The highest BCUT2D eigenvalue weighted by Gasteiger charge is 2.27. The third-order valence-electron chi connectivity index (χ3n) is 5.26. The predicted molar refractivity (Wildman–Crippen MR) is 101 cm³/mol. The van der Waals surface area contributed by atoms with Crippen LogP contribution in [-0.4, -0.2) is 36.9 Å². The van der Waals surface area contributed by atoms with Gasteiger partial charge in [0.2, 0.25) is 11.8 Å². The molecule has 0 radical (unpaired) electrons. The molecule has 7 heteroatoms. The van der Waals surface area contributed by atoms with E-state index >= 15 is 0 Å². The minimum Gasteiger partial charge on any atom is -0.497 e. The van der Waals surface area contributed by atoms with Gasteiger partial charge in [0, 0.05) is 36.5 Å². The molecule has 2 heterocycles. The van der Waals surface area contributed by atoms with Crippen molar-refractivity contribution in [1.29, 1.82) is 0 Å². The molecule has 1 aromatic carbocycles. The summed E-state index contributed by atoms with van der Waals surface area (Å²) < 4.78 is 10.6. The van der Waals surface area contributed by atoms with Crippen LogP contribution in [-0.2, 0) is 16.0 Å². The molecule has 144 valence electrons. The van der Waals surface area contributed by atoms with E-state index in [1.807, 2.05) is 19.1 Å². The molecular weight excluding hydrogens is 348 g/mol. The molecule has 1 atom stereocenters. The first-order chi connectivity index (χ1) is 12.9. The third-order valence-corrected chi connectivity index (χ3v) is 5.26. The van der Waals surface area contributed by atoms with Gasteiger partial charge in [-0.15, -0.1) is 0 Å². The molecule has 0 aliphatic carbocycles. The average Bonchev–Trinajstić information content (AvgIpc) is 2.67. The second kappa shape index (κ2) is 7.82. The minimum absolute atomic E-state index is 0.0745. The standard InChI is InChI=1S/C20H24N2O5/c1-12-15-6-5-14(26-2)10-17(15)27-20(25)16(12)7-8-18(23)22-9-3-4-13(11-22)19(21)24/h5-6,10,13H,3-4,7-9,11H2,1-2H3,(H2,21,24). The minimum atomic E-state index is -0.435. The maximum absolute atomic E-state index is 12.5. The molecule has 3 rings (SSSR count). The number of hydrogen-bond donors (Lipinski definition) is 1. The van der Waals surface area contributed by atoms with Gasteiger partial charge in [-0.1, -0.05) is 0 Å². The van der Waals surface area contributed by atoms with Crippen molar-refractivity contribution in [2.45, 2.75) is 32.6 Å². The number of aryl methyl sites for hydroxylation is 1. The smallest absolute Gasteiger partial charge is 0.339 e. The number of hydrogen-bond acceptors (Lipinski definition) is 5. The molecule has 1 aromatic heterocycles. The topological polar surface area (TPSA) is 103 Å². The number of carbonyl (C=O) groups is 2. The Morgan fingerprint density at radius 1 is 1.37 bits per heavy atom. The highest BCUT2D eigenvalue weighted by Crippen LogP contribution is 2.25. The van der Waals surface area contributed by atoms with E-state index in [0.29, 0.717) is 36.4 Å². The van der Waals surface area contributed by atoms with Crippen LogP contribution in [0.2, 0.25) is 0 Å². The lowest BCUT2D eigenvalue weighted by atomic mass is 9.96. The number of nitrogens with two attached hydrogens (primary N) is 1. The van der Waals surface area contributed by atoms with E-state index < -0.39 is 5.63 Å². The molecule has 2 amide bonds. The number of piperidine rings is 1. The van der Waals surface area contributed by atoms with Crippen molar-refractivity contribution in [3.05, 3.63) is 39.7 Å². The van der Waals surface area contributed by atoms with E-state index in [1.165, 1.54) is 0 Å². The summed E-state index contributed by atoms with van der Waals surface area (Å²) in [5.74, 6) is -0.115. The molecule has 1 aliphatic rings. The number of methoxy groups -OCH3 is 1. The number of rotatable bonds is 5. The van der Waals surface area contributed by atoms with Crippen molar-refractivity contribution >= 4 is 22.8 Å². The number of amides is 2. The number of carbonyl (C=O) groups excluding carboxylic acids is 2. The zero-order valence-corrected chi connectivity index (χ0v) is 15.6. The van der Waals surface area contributed by atoms with Crippen LogP contribution in [0.15, 0.2) is 27.4 Å². The number of nitrogens with zero attached hydrogens (tertiary/aromatic N) is 1. The first-order valence-corrected chi connectivity index (χ1v) is 9.08. The Hall–Kier alpha value is -2.83. The Labute approximate surface area is 157 Å². The van der Waals surface area contributed by atoms with Gasteiger partial charge in [-0.05, 0) is 43.9 Å². The summed E-state index contributed by atoms with van der Waals surface area (Å²) >= 11 is 0. The van der Waals surface area contributed by atoms with Gasteiger partial charge < -0.3 is 19.8 Å². The second-order valence-electron chi connectivity index (χ2n) is 6.94. The van der Waals surface area contributed by atoms with Gasteiger partial charge in [-0.3, -0.25) is 9.59 Å². The van der Waals surface area contributed by atoms with Gasteiger partial charge in [0.25, 0.3) is 0 Å². The van der Waals surface area contributed by atoms with Crippen molar-refractivity contribution in [1.82, 2.24) is 4.90 Å². The molecule has 0 bridgehead atoms. The van der Waals surface area contributed by atoms with E-state index in [0.717, 1.165) is 23.8 Å². The van der Waals surface area contributed by atoms with Gasteiger partial charge in [0.05, 0.1) is 13.0 Å². The van der Waals surface area contributed by atoms with Gasteiger partial charge in [0.1, 0.15) is 11.3 Å². The highest BCUT2D eigenvalue weighted by molar-refractivity contribution is 5.83. The predicted octanol–water partition coefficient (Wildman–Crippen LogP) is 1.77. The summed E-state index contributed by atoms with van der Waals surface area (Å²) in [6, 6.07) is 5.33. The van der Waals surface area contributed by atoms with Crippen molar-refractivity contribution in [3.8, 4) is 5.75 Å². The lowest BCUT2D eigenvalue weighted by molar-refractivity contribution is -0.134. The molecule has 2 aromatic rings. The molecule has 2 N–H and O–H groups in total. The van der Waals surface area contributed by atoms with E-state index in [4.69, 9.17) is 14.9 Å². The summed E-state index contributed by atoms with van der Waals surface area (Å²) in [6.07, 6.45) is 1.97. The molecular formula is C20H24N2O5. The Kier molecular flexibility index (Phi) is 5.48. The second-order valence-corrected chi connectivity index (χ2v) is 6.94. The first-order valence-electron chi connectivity index (χ1n) is 9.08. The van der Waals surface area contributed by atoms with E-state index in [2.05, 4.69) is 0 Å². The fourth-order valence-electron chi connectivity index (χ4n) is 3.62. The summed E-state index contributed by atoms with van der Waals surface area (Å²) in [5.41, 5.74) is 6.71. The van der Waals surface area contributed by atoms with E-state index in [-0.39, 0.29) is 24.2 Å². The molecule has 1 unspecified atom stereocenters. The molecule has 0 spiro atoms. The number of fused-ring (bicyclic) bond motifs is 1. The summed E-state index contributed by atoms with van der Waals surface area (Å²) in [5, 5.41) is 0.824. The van der Waals surface area contributed by atoms with Crippen molar-refractivity contribution in [2.24, 2.45) is 11.7 Å². The number of likely N-dealkylation sites (tertiary alicyclic amines) is 1. The number of ether oxygens (including phenoxy) is 1. The molecule has 7 nitrogen and oxygen atoms in total. The van der Waals surface area contributed by atoms with Gasteiger partial charge >= 0.3 is 5.63 Å². The lowest BCUT2D eigenvalue weighted by Crippen LogP contribution is -2.44. The van der Waals surface area contributed by atoms with Gasteiger partial charge in [-0.2, -0.15) is 0 Å². The van der Waals surface area contributed by atoms with Crippen LogP contribution >= 0.6 is 0 Å². The molecule has 27 heavy (non-hydrogen) atoms. The third kappa shape index (κ3) is 3.97. The van der Waals surface area contributed by atoms with Gasteiger partial charge in [0.15, 0.2) is 0 Å². The van der Waals surface area contributed by atoms with Crippen LogP contribution in [0.3, 0.4) is 0 Å². The molecule has 1 fully saturated rings. The van der Waals surface area contributed by atoms with Crippen LogP contribution in [0.1, 0.15) is 30.4 Å². The van der Waals surface area contributed by atoms with Crippen LogP contribution in [0.5, 0.6) is 5.75 Å². The van der Waals surface area contributed by atoms with Crippen LogP contribution in [0.25, 0.3) is 11.0 Å². The zero-order chi connectivity index (χ0) is 19.6. The number of primary amides is 1. The maximum Gasteiger partial charge on any atom is 0.339 e.